The van der Waals surface area contributed by atoms with Gasteiger partial charge in [-0.05, 0) is 0 Å². The van der Waals surface area contributed by atoms with Crippen LogP contribution in [0.25, 0.3) is 0 Å². The molecule has 0 aliphatic carbocycles. The zero-order valence-corrected chi connectivity index (χ0v) is 24.1. The van der Waals surface area contributed by atoms with Crippen LogP contribution in [0.2, 0.25) is 0 Å². The third-order valence-electron chi connectivity index (χ3n) is 2.17. The van der Waals surface area contributed by atoms with Crippen molar-refractivity contribution in [2.45, 2.75) is 0 Å². The first-order chi connectivity index (χ1) is 22.0. The van der Waals surface area contributed by atoms with Gasteiger partial charge in [0.2, 0.25) is 0 Å². The predicted molar refractivity (Wildman–Crippen MR) is 156 cm³/mol. The molecule has 0 saturated heterocycles. The van der Waals surface area contributed by atoms with E-state index >= 15 is 0 Å². The van der Waals surface area contributed by atoms with Crippen LogP contribution in [0.4, 0.5) is 0 Å². The van der Waals surface area contributed by atoms with Crippen molar-refractivity contribution in [1.29, 1.82) is 31.6 Å². The SMILES string of the molecule is N#CB(O)OB(O)O.N#CB(O)OB(O)O.N#CB(O)OB(O)O.N#CB(O)OB(O)O.N#CB(O)OB(O)O.N#CB(O)OB(O)O.O.O. The molecule has 0 radical (unpaired) electrons. The Morgan fingerprint density at radius 2 is 0.320 bits per heavy atom. The largest absolute Gasteiger partial charge is 0.620 e. The van der Waals surface area contributed by atoms with Crippen molar-refractivity contribution in [3.05, 3.63) is 0 Å². The number of nitriles is 6. The standard InChI is InChI=1S/6CH3B2NO4.2H2O/c6*4-1-2(5)8-3(6)7;;/h6*5-7H;2*1H2. The van der Waals surface area contributed by atoms with E-state index in [0.29, 0.717) is 0 Å². The molecule has 0 unspecified atom stereocenters. The summed E-state index contributed by atoms with van der Waals surface area (Å²) in [6, 6.07) is 0. The van der Waals surface area contributed by atoms with Gasteiger partial charge in [-0.2, -0.15) is 0 Å². The Bertz CT molecular complexity index is 796. The van der Waals surface area contributed by atoms with Crippen molar-refractivity contribution in [1.82, 2.24) is 0 Å². The first-order valence-electron chi connectivity index (χ1n) is 10.5. The highest BCUT2D eigenvalue weighted by molar-refractivity contribution is 6.62. The van der Waals surface area contributed by atoms with Crippen LogP contribution < -0.4 is 0 Å². The van der Waals surface area contributed by atoms with Crippen LogP contribution in [-0.2, 0) is 27.4 Å². The second-order valence-electron chi connectivity index (χ2n) is 5.66. The molecule has 50 heavy (non-hydrogen) atoms. The van der Waals surface area contributed by atoms with Crippen LogP contribution >= 0.6 is 0 Å². The lowest BCUT2D eigenvalue weighted by molar-refractivity contribution is 0.266. The van der Waals surface area contributed by atoms with E-state index < -0.39 is 86.6 Å². The van der Waals surface area contributed by atoms with Gasteiger partial charge in [0.15, 0.2) is 0 Å². The number of hydrogen-bond donors (Lipinski definition) is 18. The molecule has 0 aromatic rings. The smallest absolute Gasteiger partial charge is 0.416 e. The molecule has 44 heteroatoms. The van der Waals surface area contributed by atoms with Gasteiger partial charge in [0.25, 0.3) is 0 Å². The van der Waals surface area contributed by atoms with Crippen LogP contribution in [0.5, 0.6) is 0 Å². The molecule has 0 fully saturated rings. The van der Waals surface area contributed by atoms with Gasteiger partial charge in [-0.15, -0.1) is 0 Å². The molecule has 0 saturated carbocycles. The lowest BCUT2D eigenvalue weighted by Gasteiger charge is -1.95. The van der Waals surface area contributed by atoms with E-state index in [1.807, 2.05) is 0 Å². The summed E-state index contributed by atoms with van der Waals surface area (Å²) in [7, 11) is -23.2. The predicted octanol–water partition coefficient (Wildman–Crippen LogP) is -16.6. The summed E-state index contributed by atoms with van der Waals surface area (Å²) in [5, 5.41) is 190. The second kappa shape index (κ2) is 45.7. The Balaban J connectivity index is -0.0000000700. The molecule has 22 N–H and O–H groups in total. The summed E-state index contributed by atoms with van der Waals surface area (Å²) in [5.41, 5.74) is 0. The Morgan fingerprint density at radius 3 is 0.340 bits per heavy atom. The summed E-state index contributed by atoms with van der Waals surface area (Å²) in [5.74, 6) is 7.26. The molecule has 0 amide bonds. The minimum atomic E-state index is -2.09. The van der Waals surface area contributed by atoms with Crippen molar-refractivity contribution >= 4 is 86.6 Å². The quantitative estimate of drug-likeness (QED) is 0.0831. The number of hydrogen-bond acceptors (Lipinski definition) is 30. The Kier molecular flexibility index (Phi) is 59.5. The summed E-state index contributed by atoms with van der Waals surface area (Å²) in [6.45, 7) is 0. The van der Waals surface area contributed by atoms with Gasteiger partial charge in [0, 0.05) is 0 Å². The fraction of sp³-hybridized carbons (Fsp3) is 0. The van der Waals surface area contributed by atoms with Crippen molar-refractivity contribution in [3.63, 3.8) is 0 Å². The zero-order chi connectivity index (χ0) is 39.4. The molecule has 0 atom stereocenters. The van der Waals surface area contributed by atoms with E-state index in [-0.39, 0.29) is 11.0 Å². The van der Waals surface area contributed by atoms with Gasteiger partial charge in [0.1, 0.15) is 0 Å². The molecule has 0 aromatic heterocycles. The molecule has 0 aliphatic rings. The molecular formula is C6H22B12N6O26. The maximum atomic E-state index is 8.12. The van der Waals surface area contributed by atoms with Gasteiger partial charge in [-0.3, -0.25) is 0 Å². The van der Waals surface area contributed by atoms with Crippen molar-refractivity contribution in [2.24, 2.45) is 0 Å². The Hall–Kier alpha value is -3.32. The van der Waals surface area contributed by atoms with E-state index in [4.69, 9.17) is 122 Å². The Labute approximate surface area is 283 Å². The fourth-order valence-corrected chi connectivity index (χ4v) is 0.874. The maximum Gasteiger partial charge on any atom is 0.620 e. The molecule has 0 heterocycles. The second-order valence-corrected chi connectivity index (χ2v) is 5.66. The highest BCUT2D eigenvalue weighted by atomic mass is 16.7. The highest BCUT2D eigenvalue weighted by Crippen LogP contribution is 1.80. The number of rotatable bonds is 12. The topological polar surface area (TPSA) is 625 Å². The minimum absolute atomic E-state index is 0. The summed E-state index contributed by atoms with van der Waals surface area (Å²) in [6.07, 6.45) is 0. The van der Waals surface area contributed by atoms with Gasteiger partial charge in [-0.1, -0.05) is 0 Å². The third kappa shape index (κ3) is 79.8. The average Bonchev–Trinajstić information content (AvgIpc) is 2.96. The van der Waals surface area contributed by atoms with E-state index in [1.54, 1.807) is 0 Å². The molecular weight excluding hydrogens is 702 g/mol. The first kappa shape index (κ1) is 65.1. The average molecular weight is 724 g/mol. The normalized spacial score (nSPS) is 7.44. The highest BCUT2D eigenvalue weighted by Gasteiger charge is 2.23. The lowest BCUT2D eigenvalue weighted by Crippen LogP contribution is -2.28. The van der Waals surface area contributed by atoms with Gasteiger partial charge in [-0.25, -0.2) is 31.6 Å². The maximum absolute atomic E-state index is 8.12. The van der Waals surface area contributed by atoms with Crippen molar-refractivity contribution in [3.8, 4) is 35.8 Å². The van der Waals surface area contributed by atoms with Crippen molar-refractivity contribution < 1.29 is 129 Å². The zero-order valence-electron chi connectivity index (χ0n) is 24.1. The molecule has 0 aliphatic heterocycles. The molecule has 0 spiro atoms. The summed E-state index contributed by atoms with van der Waals surface area (Å²) < 4.78 is 22.2. The molecule has 32 nitrogen and oxygen atoms in total. The fourth-order valence-electron chi connectivity index (χ4n) is 0.874. The van der Waals surface area contributed by atoms with Crippen LogP contribution in [0, 0.1) is 67.4 Å². The molecule has 0 rings (SSSR count). The molecule has 268 valence electrons. The Morgan fingerprint density at radius 1 is 0.240 bits per heavy atom. The monoisotopic (exact) mass is 726 g/mol. The first-order valence-corrected chi connectivity index (χ1v) is 10.5. The van der Waals surface area contributed by atoms with Crippen LogP contribution in [0.3, 0.4) is 0 Å². The summed E-state index contributed by atoms with van der Waals surface area (Å²) >= 11 is 0. The van der Waals surface area contributed by atoms with Crippen LogP contribution in [0.1, 0.15) is 0 Å². The molecule has 0 bridgehead atoms. The van der Waals surface area contributed by atoms with Crippen LogP contribution in [-0.4, -0.2) is 188 Å². The van der Waals surface area contributed by atoms with E-state index in [1.165, 1.54) is 35.8 Å². The third-order valence-corrected chi connectivity index (χ3v) is 2.17. The van der Waals surface area contributed by atoms with Gasteiger partial charge in [0.05, 0.1) is 35.8 Å². The van der Waals surface area contributed by atoms with Gasteiger partial charge >= 0.3 is 86.6 Å². The summed E-state index contributed by atoms with van der Waals surface area (Å²) in [4.78, 5) is 0. The minimum Gasteiger partial charge on any atom is -0.416 e. The lowest BCUT2D eigenvalue weighted by atomic mass is 9.92. The molecule has 0 aromatic carbocycles. The van der Waals surface area contributed by atoms with Gasteiger partial charge < -0.3 is 129 Å². The van der Waals surface area contributed by atoms with E-state index in [0.717, 1.165) is 0 Å². The van der Waals surface area contributed by atoms with E-state index in [2.05, 4.69) is 27.4 Å². The van der Waals surface area contributed by atoms with Crippen molar-refractivity contribution in [2.75, 3.05) is 0 Å². The number of nitrogens with zero attached hydrogens (tertiary/aromatic N) is 6. The van der Waals surface area contributed by atoms with E-state index in [9.17, 15) is 0 Å². The van der Waals surface area contributed by atoms with Crippen LogP contribution in [0.15, 0.2) is 0 Å².